The van der Waals surface area contributed by atoms with Crippen LogP contribution in [0.25, 0.3) is 0 Å². The van der Waals surface area contributed by atoms with Gasteiger partial charge in [0.1, 0.15) is 6.33 Å². The summed E-state index contributed by atoms with van der Waals surface area (Å²) >= 11 is 0. The Bertz CT molecular complexity index is 218. The van der Waals surface area contributed by atoms with Gasteiger partial charge in [0.2, 0.25) is 5.88 Å². The van der Waals surface area contributed by atoms with Crippen molar-refractivity contribution in [3.05, 3.63) is 18.1 Å². The zero-order valence-corrected chi connectivity index (χ0v) is 7.37. The van der Waals surface area contributed by atoms with Gasteiger partial charge in [-0.25, -0.2) is 9.97 Å². The van der Waals surface area contributed by atoms with Crippen molar-refractivity contribution in [2.45, 2.75) is 13.5 Å². The van der Waals surface area contributed by atoms with Gasteiger partial charge in [0.15, 0.2) is 0 Å². The molecule has 1 aromatic rings. The molecule has 4 heteroatoms. The van der Waals surface area contributed by atoms with Crippen LogP contribution in [-0.2, 0) is 6.54 Å². The lowest BCUT2D eigenvalue weighted by Crippen LogP contribution is -2.07. The molecular weight excluding hydrogens is 154 g/mol. The summed E-state index contributed by atoms with van der Waals surface area (Å²) in [6.07, 6.45) is 1.51. The minimum absolute atomic E-state index is 0.635. The van der Waals surface area contributed by atoms with Gasteiger partial charge >= 0.3 is 0 Å². The SMILES string of the molecule is CCOc1cc(CNC)ncn1. The van der Waals surface area contributed by atoms with Crippen molar-refractivity contribution in [1.29, 1.82) is 0 Å². The molecule has 0 saturated heterocycles. The molecule has 0 bridgehead atoms. The molecular formula is C8H13N3O. The Morgan fingerprint density at radius 2 is 2.33 bits per heavy atom. The topological polar surface area (TPSA) is 47.0 Å². The van der Waals surface area contributed by atoms with E-state index in [4.69, 9.17) is 4.74 Å². The van der Waals surface area contributed by atoms with E-state index in [0.29, 0.717) is 12.5 Å². The van der Waals surface area contributed by atoms with Gasteiger partial charge in [-0.2, -0.15) is 0 Å². The summed E-state index contributed by atoms with van der Waals surface area (Å²) in [4.78, 5) is 8.01. The van der Waals surface area contributed by atoms with E-state index in [-0.39, 0.29) is 0 Å². The van der Waals surface area contributed by atoms with Crippen LogP contribution in [0, 0.1) is 0 Å². The fourth-order valence-corrected chi connectivity index (χ4v) is 0.882. The van der Waals surface area contributed by atoms with Gasteiger partial charge < -0.3 is 10.1 Å². The van der Waals surface area contributed by atoms with E-state index in [2.05, 4.69) is 15.3 Å². The lowest BCUT2D eigenvalue weighted by Gasteiger charge is -2.02. The second-order valence-corrected chi connectivity index (χ2v) is 2.31. The summed E-state index contributed by atoms with van der Waals surface area (Å²) in [6, 6.07) is 1.83. The van der Waals surface area contributed by atoms with Crippen molar-refractivity contribution in [3.8, 4) is 5.88 Å². The molecule has 1 rings (SSSR count). The summed E-state index contributed by atoms with van der Waals surface area (Å²) < 4.78 is 5.21. The summed E-state index contributed by atoms with van der Waals surface area (Å²) in [6.45, 7) is 3.30. The van der Waals surface area contributed by atoms with Crippen molar-refractivity contribution in [2.24, 2.45) is 0 Å². The number of aromatic nitrogens is 2. The maximum atomic E-state index is 5.21. The van der Waals surface area contributed by atoms with Crippen LogP contribution in [-0.4, -0.2) is 23.6 Å². The Morgan fingerprint density at radius 1 is 1.50 bits per heavy atom. The number of rotatable bonds is 4. The highest BCUT2D eigenvalue weighted by atomic mass is 16.5. The monoisotopic (exact) mass is 167 g/mol. The minimum Gasteiger partial charge on any atom is -0.478 e. The third kappa shape index (κ3) is 2.47. The molecule has 0 fully saturated rings. The van der Waals surface area contributed by atoms with E-state index < -0.39 is 0 Å². The van der Waals surface area contributed by atoms with Crippen molar-refractivity contribution >= 4 is 0 Å². The quantitative estimate of drug-likeness (QED) is 0.713. The van der Waals surface area contributed by atoms with E-state index >= 15 is 0 Å². The van der Waals surface area contributed by atoms with Crippen molar-refractivity contribution in [1.82, 2.24) is 15.3 Å². The average molecular weight is 167 g/mol. The fourth-order valence-electron chi connectivity index (χ4n) is 0.882. The predicted molar refractivity (Wildman–Crippen MR) is 46.0 cm³/mol. The zero-order valence-electron chi connectivity index (χ0n) is 7.37. The highest BCUT2D eigenvalue weighted by Crippen LogP contribution is 2.05. The van der Waals surface area contributed by atoms with Gasteiger partial charge in [-0.05, 0) is 14.0 Å². The second-order valence-electron chi connectivity index (χ2n) is 2.31. The van der Waals surface area contributed by atoms with Gasteiger partial charge in [-0.1, -0.05) is 0 Å². The number of hydrogen-bond acceptors (Lipinski definition) is 4. The van der Waals surface area contributed by atoms with Crippen LogP contribution < -0.4 is 10.1 Å². The lowest BCUT2D eigenvalue weighted by molar-refractivity contribution is 0.325. The summed E-state index contributed by atoms with van der Waals surface area (Å²) in [5, 5.41) is 3.01. The van der Waals surface area contributed by atoms with Gasteiger partial charge in [0.25, 0.3) is 0 Å². The molecule has 0 atom stereocenters. The normalized spacial score (nSPS) is 9.83. The maximum absolute atomic E-state index is 5.21. The molecule has 0 aromatic carbocycles. The molecule has 1 aromatic heterocycles. The molecule has 0 spiro atoms. The Hall–Kier alpha value is -1.16. The molecule has 1 N–H and O–H groups in total. The molecule has 1 heterocycles. The fraction of sp³-hybridized carbons (Fsp3) is 0.500. The minimum atomic E-state index is 0.635. The Balaban J connectivity index is 2.67. The smallest absolute Gasteiger partial charge is 0.216 e. The van der Waals surface area contributed by atoms with E-state index in [0.717, 1.165) is 12.2 Å². The van der Waals surface area contributed by atoms with Gasteiger partial charge in [0, 0.05) is 12.6 Å². The standard InChI is InChI=1S/C8H13N3O/c1-3-12-8-4-7(5-9-2)10-6-11-8/h4,6,9H,3,5H2,1-2H3. The number of ether oxygens (including phenoxy) is 1. The third-order valence-corrected chi connectivity index (χ3v) is 1.35. The number of hydrogen-bond donors (Lipinski definition) is 1. The Labute approximate surface area is 72.0 Å². The van der Waals surface area contributed by atoms with E-state index in [1.165, 1.54) is 6.33 Å². The molecule has 66 valence electrons. The molecule has 4 nitrogen and oxygen atoms in total. The highest BCUT2D eigenvalue weighted by molar-refractivity contribution is 5.13. The molecule has 12 heavy (non-hydrogen) atoms. The molecule has 0 unspecified atom stereocenters. The van der Waals surface area contributed by atoms with E-state index in [1.54, 1.807) is 0 Å². The summed E-state index contributed by atoms with van der Waals surface area (Å²) in [7, 11) is 1.88. The molecule has 0 saturated carbocycles. The van der Waals surface area contributed by atoms with Gasteiger partial charge in [0.05, 0.1) is 12.3 Å². The Morgan fingerprint density at radius 3 is 3.00 bits per heavy atom. The summed E-state index contributed by atoms with van der Waals surface area (Å²) in [5.74, 6) is 0.637. The van der Waals surface area contributed by atoms with Crippen molar-refractivity contribution in [2.75, 3.05) is 13.7 Å². The third-order valence-electron chi connectivity index (χ3n) is 1.35. The molecule has 0 radical (unpaired) electrons. The van der Waals surface area contributed by atoms with E-state index in [1.807, 2.05) is 20.0 Å². The second kappa shape index (κ2) is 4.66. The largest absolute Gasteiger partial charge is 0.478 e. The van der Waals surface area contributed by atoms with Crippen molar-refractivity contribution in [3.63, 3.8) is 0 Å². The van der Waals surface area contributed by atoms with Gasteiger partial charge in [-0.3, -0.25) is 0 Å². The van der Waals surface area contributed by atoms with E-state index in [9.17, 15) is 0 Å². The van der Waals surface area contributed by atoms with Crippen LogP contribution in [0.2, 0.25) is 0 Å². The summed E-state index contributed by atoms with van der Waals surface area (Å²) in [5.41, 5.74) is 0.941. The molecule has 0 aliphatic rings. The maximum Gasteiger partial charge on any atom is 0.216 e. The molecule has 0 amide bonds. The van der Waals surface area contributed by atoms with Crippen molar-refractivity contribution < 1.29 is 4.74 Å². The lowest BCUT2D eigenvalue weighted by atomic mass is 10.4. The van der Waals surface area contributed by atoms with Crippen LogP contribution in [0.3, 0.4) is 0 Å². The predicted octanol–water partition coefficient (Wildman–Crippen LogP) is 0.595. The first-order valence-electron chi connectivity index (χ1n) is 3.95. The van der Waals surface area contributed by atoms with Gasteiger partial charge in [-0.15, -0.1) is 0 Å². The van der Waals surface area contributed by atoms with Crippen LogP contribution in [0.1, 0.15) is 12.6 Å². The average Bonchev–Trinajstić information content (AvgIpc) is 2.06. The first kappa shape index (κ1) is 8.93. The molecule has 0 aliphatic carbocycles. The van der Waals surface area contributed by atoms with Crippen LogP contribution in [0.5, 0.6) is 5.88 Å². The van der Waals surface area contributed by atoms with Crippen LogP contribution in [0.15, 0.2) is 12.4 Å². The zero-order chi connectivity index (χ0) is 8.81. The highest BCUT2D eigenvalue weighted by Gasteiger charge is 1.96. The van der Waals surface area contributed by atoms with Crippen LogP contribution in [0.4, 0.5) is 0 Å². The number of nitrogens with one attached hydrogen (secondary N) is 1. The first-order chi connectivity index (χ1) is 5.86. The molecule has 0 aliphatic heterocycles. The van der Waals surface area contributed by atoms with Crippen LogP contribution >= 0.6 is 0 Å². The first-order valence-corrected chi connectivity index (χ1v) is 3.95. The Kier molecular flexibility index (Phi) is 3.47. The number of nitrogens with zero attached hydrogens (tertiary/aromatic N) is 2.